The van der Waals surface area contributed by atoms with Crippen LogP contribution in [0.3, 0.4) is 0 Å². The van der Waals surface area contributed by atoms with Crippen LogP contribution in [-0.2, 0) is 28.8 Å². The van der Waals surface area contributed by atoms with Crippen molar-refractivity contribution in [2.45, 2.75) is 57.3 Å². The molecule has 0 heterocycles. The highest BCUT2D eigenvalue weighted by Gasteiger charge is 2.27. The third-order valence-corrected chi connectivity index (χ3v) is 3.53. The van der Waals surface area contributed by atoms with Gasteiger partial charge in [-0.05, 0) is 20.3 Å². The van der Waals surface area contributed by atoms with E-state index < -0.39 is 66.2 Å². The van der Waals surface area contributed by atoms with Gasteiger partial charge in [0.15, 0.2) is 0 Å². The summed E-state index contributed by atoms with van der Waals surface area (Å²) in [4.78, 5) is 68.1. The van der Waals surface area contributed by atoms with Gasteiger partial charge in [0.05, 0.1) is 12.5 Å². The summed E-state index contributed by atoms with van der Waals surface area (Å²) >= 11 is 0. The molecular weight excluding hydrogens is 378 g/mol. The van der Waals surface area contributed by atoms with Crippen molar-refractivity contribution < 1.29 is 39.0 Å². The summed E-state index contributed by atoms with van der Waals surface area (Å²) < 4.78 is 0. The summed E-state index contributed by atoms with van der Waals surface area (Å²) in [5, 5.41) is 24.3. The molecule has 0 bridgehead atoms. The predicted octanol–water partition coefficient (Wildman–Crippen LogP) is -3.37. The second-order valence-electron chi connectivity index (χ2n) is 6.07. The van der Waals surface area contributed by atoms with E-state index in [4.69, 9.17) is 21.7 Å². The van der Waals surface area contributed by atoms with Gasteiger partial charge < -0.3 is 37.6 Å². The van der Waals surface area contributed by atoms with Crippen LogP contribution in [0.5, 0.6) is 0 Å². The molecule has 0 rings (SSSR count). The highest BCUT2D eigenvalue weighted by molar-refractivity contribution is 5.94. The van der Waals surface area contributed by atoms with E-state index in [9.17, 15) is 28.8 Å². The van der Waals surface area contributed by atoms with Gasteiger partial charge in [0.1, 0.15) is 18.1 Å². The first-order valence-corrected chi connectivity index (χ1v) is 8.24. The van der Waals surface area contributed by atoms with Crippen LogP contribution in [0.25, 0.3) is 0 Å². The maximum absolute atomic E-state index is 12.0. The minimum absolute atomic E-state index is 0.217. The molecule has 0 aromatic rings. The van der Waals surface area contributed by atoms with Gasteiger partial charge in [0.2, 0.25) is 23.6 Å². The van der Waals surface area contributed by atoms with Crippen molar-refractivity contribution in [3.8, 4) is 0 Å². The second kappa shape index (κ2) is 11.5. The Balaban J connectivity index is 4.66. The van der Waals surface area contributed by atoms with Crippen molar-refractivity contribution in [1.82, 2.24) is 16.0 Å². The van der Waals surface area contributed by atoms with Crippen LogP contribution < -0.4 is 27.4 Å². The predicted molar refractivity (Wildman–Crippen MR) is 93.4 cm³/mol. The van der Waals surface area contributed by atoms with Gasteiger partial charge in [-0.15, -0.1) is 0 Å². The van der Waals surface area contributed by atoms with Crippen LogP contribution in [0.4, 0.5) is 0 Å². The second-order valence-corrected chi connectivity index (χ2v) is 6.07. The minimum Gasteiger partial charge on any atom is -0.481 e. The van der Waals surface area contributed by atoms with E-state index in [0.29, 0.717) is 0 Å². The number of nitrogens with one attached hydrogen (secondary N) is 3. The van der Waals surface area contributed by atoms with E-state index in [0.717, 1.165) is 0 Å². The van der Waals surface area contributed by atoms with Crippen molar-refractivity contribution in [2.75, 3.05) is 0 Å². The van der Waals surface area contributed by atoms with E-state index in [-0.39, 0.29) is 12.8 Å². The van der Waals surface area contributed by atoms with Crippen LogP contribution in [0.2, 0.25) is 0 Å². The summed E-state index contributed by atoms with van der Waals surface area (Å²) in [6, 6.07) is -5.01. The van der Waals surface area contributed by atoms with E-state index >= 15 is 0 Å². The van der Waals surface area contributed by atoms with Crippen LogP contribution in [-0.4, -0.2) is 69.9 Å². The van der Waals surface area contributed by atoms with Crippen LogP contribution in [0.1, 0.15) is 33.1 Å². The minimum atomic E-state index is -1.37. The fourth-order valence-corrected chi connectivity index (χ4v) is 1.91. The Labute approximate surface area is 160 Å². The Morgan fingerprint density at radius 1 is 0.857 bits per heavy atom. The summed E-state index contributed by atoms with van der Waals surface area (Å²) in [7, 11) is 0. The molecule has 28 heavy (non-hydrogen) atoms. The summed E-state index contributed by atoms with van der Waals surface area (Å²) in [5.41, 5.74) is 10.3. The van der Waals surface area contributed by atoms with Gasteiger partial charge in [-0.25, -0.2) is 4.79 Å². The van der Waals surface area contributed by atoms with Gasteiger partial charge in [0, 0.05) is 6.42 Å². The zero-order valence-electron chi connectivity index (χ0n) is 15.4. The van der Waals surface area contributed by atoms with Crippen LogP contribution >= 0.6 is 0 Å². The molecule has 0 aliphatic heterocycles. The molecule has 9 N–H and O–H groups in total. The number of carboxylic acid groups (broad SMARTS) is 2. The third kappa shape index (κ3) is 9.47. The molecule has 0 aliphatic carbocycles. The zero-order chi connectivity index (χ0) is 22.0. The molecule has 0 aliphatic rings. The zero-order valence-corrected chi connectivity index (χ0v) is 15.4. The lowest BCUT2D eigenvalue weighted by atomic mass is 10.1. The number of carboxylic acids is 2. The molecule has 0 saturated heterocycles. The first kappa shape index (κ1) is 24.8. The van der Waals surface area contributed by atoms with Crippen molar-refractivity contribution in [3.63, 3.8) is 0 Å². The number of carbonyl (C=O) groups is 6. The standard InChI is InChI=1S/C15H25N5O8/c1-6(19-14(26)8(16)5-11(22)23)12(24)18-7(2)13(25)20-9(15(27)28)3-4-10(17)21/h6-9H,3-5,16H2,1-2H3,(H2,17,21)(H,18,24)(H,19,26)(H,20,25)(H,22,23)(H,27,28). The van der Waals surface area contributed by atoms with Crippen LogP contribution in [0.15, 0.2) is 0 Å². The monoisotopic (exact) mass is 403 g/mol. The molecule has 4 amide bonds. The first-order chi connectivity index (χ1) is 12.8. The fraction of sp³-hybridized carbons (Fsp3) is 0.600. The number of aliphatic carboxylic acids is 2. The molecule has 4 unspecified atom stereocenters. The van der Waals surface area contributed by atoms with E-state index in [1.807, 2.05) is 0 Å². The van der Waals surface area contributed by atoms with Crippen molar-refractivity contribution in [3.05, 3.63) is 0 Å². The maximum atomic E-state index is 12.0. The Morgan fingerprint density at radius 2 is 1.32 bits per heavy atom. The summed E-state index contributed by atoms with van der Waals surface area (Å²) in [6.45, 7) is 2.57. The summed E-state index contributed by atoms with van der Waals surface area (Å²) in [6.07, 6.45) is -1.09. The topological polar surface area (TPSA) is 231 Å². The van der Waals surface area contributed by atoms with Gasteiger partial charge in [-0.1, -0.05) is 0 Å². The average molecular weight is 403 g/mol. The number of amides is 4. The van der Waals surface area contributed by atoms with Crippen molar-refractivity contribution in [2.24, 2.45) is 11.5 Å². The lowest BCUT2D eigenvalue weighted by molar-refractivity contribution is -0.142. The van der Waals surface area contributed by atoms with E-state index in [1.165, 1.54) is 13.8 Å². The molecule has 0 aromatic carbocycles. The van der Waals surface area contributed by atoms with Gasteiger partial charge in [0.25, 0.3) is 0 Å². The van der Waals surface area contributed by atoms with E-state index in [1.54, 1.807) is 0 Å². The normalized spacial score (nSPS) is 14.7. The smallest absolute Gasteiger partial charge is 0.326 e. The SMILES string of the molecule is CC(NC(=O)C(N)CC(=O)O)C(=O)NC(C)C(=O)NC(CCC(N)=O)C(=O)O. The number of primary amides is 1. The van der Waals surface area contributed by atoms with Gasteiger partial charge in [-0.2, -0.15) is 0 Å². The Kier molecular flexibility index (Phi) is 10.2. The number of carbonyl (C=O) groups excluding carboxylic acids is 4. The number of rotatable bonds is 12. The van der Waals surface area contributed by atoms with Gasteiger partial charge >= 0.3 is 11.9 Å². The molecule has 0 spiro atoms. The molecule has 0 radical (unpaired) electrons. The fourth-order valence-electron chi connectivity index (χ4n) is 1.91. The largest absolute Gasteiger partial charge is 0.481 e. The highest BCUT2D eigenvalue weighted by Crippen LogP contribution is 1.99. The van der Waals surface area contributed by atoms with Crippen molar-refractivity contribution >= 4 is 35.6 Å². The lowest BCUT2D eigenvalue weighted by Crippen LogP contribution is -2.55. The Hall–Kier alpha value is -3.22. The highest BCUT2D eigenvalue weighted by atomic mass is 16.4. The average Bonchev–Trinajstić information content (AvgIpc) is 2.56. The Morgan fingerprint density at radius 3 is 1.75 bits per heavy atom. The number of nitrogens with two attached hydrogens (primary N) is 2. The van der Waals surface area contributed by atoms with Crippen molar-refractivity contribution in [1.29, 1.82) is 0 Å². The molecular formula is C15H25N5O8. The molecule has 13 nitrogen and oxygen atoms in total. The summed E-state index contributed by atoms with van der Waals surface area (Å²) in [5.74, 6) is -5.85. The quantitative estimate of drug-likeness (QED) is 0.172. The number of hydrogen-bond donors (Lipinski definition) is 7. The maximum Gasteiger partial charge on any atom is 0.326 e. The van der Waals surface area contributed by atoms with Gasteiger partial charge in [-0.3, -0.25) is 24.0 Å². The molecule has 0 saturated carbocycles. The third-order valence-electron chi connectivity index (χ3n) is 3.53. The Bertz CT molecular complexity index is 638. The lowest BCUT2D eigenvalue weighted by Gasteiger charge is -2.21. The molecule has 0 fully saturated rings. The molecule has 0 aromatic heterocycles. The van der Waals surface area contributed by atoms with Crippen LogP contribution in [0, 0.1) is 0 Å². The van der Waals surface area contributed by atoms with E-state index in [2.05, 4.69) is 16.0 Å². The molecule has 4 atom stereocenters. The first-order valence-electron chi connectivity index (χ1n) is 8.24. The molecule has 13 heteroatoms. The number of hydrogen-bond acceptors (Lipinski definition) is 7. The molecule has 158 valence electrons.